The molecule has 1 aromatic carbocycles. The summed E-state index contributed by atoms with van der Waals surface area (Å²) in [5, 5.41) is 6.61. The zero-order chi connectivity index (χ0) is 23.9. The van der Waals surface area contributed by atoms with Crippen LogP contribution in [0.25, 0.3) is 16.7 Å². The van der Waals surface area contributed by atoms with Crippen LogP contribution in [-0.2, 0) is 16.0 Å². The Labute approximate surface area is 175 Å². The molecule has 0 saturated carbocycles. The van der Waals surface area contributed by atoms with Gasteiger partial charge in [-0.25, -0.2) is 13.4 Å². The molecule has 0 spiro atoms. The first-order valence-corrected chi connectivity index (χ1v) is 10.3. The van der Waals surface area contributed by atoms with Crippen LogP contribution in [-0.4, -0.2) is 46.9 Å². The summed E-state index contributed by atoms with van der Waals surface area (Å²) in [4.78, 5) is 15.8. The molecule has 0 atom stereocenters. The third-order valence-corrected chi connectivity index (χ3v) is 5.85. The summed E-state index contributed by atoms with van der Waals surface area (Å²) in [6.45, 7) is -0.498. The predicted molar refractivity (Wildman–Crippen MR) is 97.2 cm³/mol. The minimum atomic E-state index is -4.76. The van der Waals surface area contributed by atoms with Crippen LogP contribution >= 0.6 is 0 Å². The van der Waals surface area contributed by atoms with Crippen molar-refractivity contribution in [1.29, 1.82) is 0 Å². The Hall–Kier alpha value is -3.23. The maximum absolute atomic E-state index is 13.0. The zero-order valence-corrected chi connectivity index (χ0v) is 16.7. The maximum Gasteiger partial charge on any atom is 0.422 e. The first-order valence-electron chi connectivity index (χ1n) is 8.62. The second-order valence-corrected chi connectivity index (χ2v) is 8.58. The SMILES string of the molecule is CCS(=O)(=O)c1cc(OCC(F)(F)F)cnc1-n1nnc2ccc(C(F)(F)F)cc2c1=O. The fourth-order valence-electron chi connectivity index (χ4n) is 2.56. The van der Waals surface area contributed by atoms with E-state index in [0.29, 0.717) is 16.8 Å². The van der Waals surface area contributed by atoms with Gasteiger partial charge in [0.1, 0.15) is 16.2 Å². The number of halogens is 6. The quantitative estimate of drug-likeness (QED) is 0.515. The van der Waals surface area contributed by atoms with Crippen molar-refractivity contribution in [3.8, 4) is 11.6 Å². The van der Waals surface area contributed by atoms with Gasteiger partial charge in [-0.2, -0.15) is 31.0 Å². The maximum atomic E-state index is 13.0. The van der Waals surface area contributed by atoms with E-state index in [0.717, 1.165) is 18.3 Å². The molecule has 3 aromatic rings. The van der Waals surface area contributed by atoms with Crippen molar-refractivity contribution in [2.45, 2.75) is 24.2 Å². The van der Waals surface area contributed by atoms with E-state index < -0.39 is 67.5 Å². The van der Waals surface area contributed by atoms with Gasteiger partial charge in [-0.1, -0.05) is 12.1 Å². The number of hydrogen-bond donors (Lipinski definition) is 0. The van der Waals surface area contributed by atoms with Crippen LogP contribution in [0.15, 0.2) is 40.2 Å². The highest BCUT2D eigenvalue weighted by Gasteiger charge is 2.32. The molecule has 0 aliphatic heterocycles. The average Bonchev–Trinajstić information content (AvgIpc) is 2.71. The number of ether oxygens (including phenoxy) is 1. The molecular formula is C17H12F6N4O4S. The highest BCUT2D eigenvalue weighted by Crippen LogP contribution is 2.30. The molecular weight excluding hydrogens is 470 g/mol. The summed E-state index contributed by atoms with van der Waals surface area (Å²) in [6.07, 6.45) is -8.75. The molecule has 0 N–H and O–H groups in total. The van der Waals surface area contributed by atoms with Crippen molar-refractivity contribution in [1.82, 2.24) is 20.0 Å². The summed E-state index contributed by atoms with van der Waals surface area (Å²) < 4.78 is 106. The van der Waals surface area contributed by atoms with Crippen molar-refractivity contribution in [3.63, 3.8) is 0 Å². The molecule has 3 rings (SSSR count). The number of fused-ring (bicyclic) bond motifs is 1. The van der Waals surface area contributed by atoms with Gasteiger partial charge in [0.2, 0.25) is 0 Å². The van der Waals surface area contributed by atoms with Crippen LogP contribution in [0.5, 0.6) is 5.75 Å². The Balaban J connectivity index is 2.21. The fraction of sp³-hybridized carbons (Fsp3) is 0.294. The fourth-order valence-corrected chi connectivity index (χ4v) is 3.59. The Morgan fingerprint density at radius 1 is 1.09 bits per heavy atom. The highest BCUT2D eigenvalue weighted by atomic mass is 32.2. The normalized spacial score (nSPS) is 12.8. The van der Waals surface area contributed by atoms with Crippen molar-refractivity contribution < 1.29 is 39.5 Å². The van der Waals surface area contributed by atoms with Gasteiger partial charge >= 0.3 is 12.4 Å². The first-order chi connectivity index (χ1) is 14.7. The lowest BCUT2D eigenvalue weighted by Gasteiger charge is -2.13. The molecule has 0 fully saturated rings. The molecule has 172 valence electrons. The summed E-state index contributed by atoms with van der Waals surface area (Å²) >= 11 is 0. The van der Waals surface area contributed by atoms with E-state index in [4.69, 9.17) is 0 Å². The molecule has 8 nitrogen and oxygen atoms in total. The van der Waals surface area contributed by atoms with E-state index in [1.54, 1.807) is 0 Å². The molecule has 32 heavy (non-hydrogen) atoms. The van der Waals surface area contributed by atoms with Gasteiger partial charge in [-0.15, -0.1) is 5.10 Å². The Bertz CT molecular complexity index is 1340. The summed E-state index contributed by atoms with van der Waals surface area (Å²) in [7, 11) is -4.19. The van der Waals surface area contributed by atoms with Gasteiger partial charge in [-0.05, 0) is 18.2 Å². The average molecular weight is 482 g/mol. The number of sulfone groups is 1. The standard InChI is InChI=1S/C17H12F6N4O4S/c1-2-32(29,30)13-6-10(31-8-16(18,19)20)7-24-14(13)27-15(28)11-5-9(17(21,22)23)3-4-12(11)25-26-27/h3-7H,2,8H2,1H3. The van der Waals surface area contributed by atoms with Gasteiger partial charge in [0.15, 0.2) is 22.3 Å². The van der Waals surface area contributed by atoms with Crippen LogP contribution in [0.3, 0.4) is 0 Å². The second-order valence-electron chi connectivity index (χ2n) is 6.34. The molecule has 0 aliphatic rings. The first kappa shape index (κ1) is 23.4. The molecule has 0 radical (unpaired) electrons. The molecule has 0 unspecified atom stereocenters. The monoisotopic (exact) mass is 482 g/mol. The minimum absolute atomic E-state index is 0.190. The van der Waals surface area contributed by atoms with Gasteiger partial charge in [0, 0.05) is 6.07 Å². The number of nitrogens with zero attached hydrogens (tertiary/aromatic N) is 4. The molecule has 0 amide bonds. The van der Waals surface area contributed by atoms with E-state index in [1.165, 1.54) is 6.92 Å². The summed E-state index contributed by atoms with van der Waals surface area (Å²) in [5.74, 6) is -1.74. The minimum Gasteiger partial charge on any atom is -0.482 e. The lowest BCUT2D eigenvalue weighted by atomic mass is 10.1. The van der Waals surface area contributed by atoms with Crippen LogP contribution in [0, 0.1) is 0 Å². The van der Waals surface area contributed by atoms with Crippen molar-refractivity contribution >= 4 is 20.7 Å². The molecule has 0 bridgehead atoms. The number of alkyl halides is 6. The third kappa shape index (κ3) is 4.81. The highest BCUT2D eigenvalue weighted by molar-refractivity contribution is 7.91. The third-order valence-electron chi connectivity index (χ3n) is 4.11. The topological polar surface area (TPSA) is 104 Å². The summed E-state index contributed by atoms with van der Waals surface area (Å²) in [5.41, 5.74) is -2.50. The van der Waals surface area contributed by atoms with E-state index in [9.17, 15) is 39.6 Å². The van der Waals surface area contributed by atoms with Gasteiger partial charge in [0.05, 0.1) is 22.9 Å². The number of aromatic nitrogens is 4. The molecule has 0 saturated heterocycles. The molecule has 2 aromatic heterocycles. The van der Waals surface area contributed by atoms with Gasteiger partial charge in [-0.3, -0.25) is 4.79 Å². The van der Waals surface area contributed by atoms with Crippen molar-refractivity contribution in [2.75, 3.05) is 12.4 Å². The van der Waals surface area contributed by atoms with E-state index >= 15 is 0 Å². The second kappa shape index (κ2) is 8.03. The summed E-state index contributed by atoms with van der Waals surface area (Å²) in [6, 6.07) is 2.86. The van der Waals surface area contributed by atoms with Gasteiger partial charge in [0.25, 0.3) is 5.56 Å². The van der Waals surface area contributed by atoms with Crippen molar-refractivity contribution in [3.05, 3.63) is 46.4 Å². The largest absolute Gasteiger partial charge is 0.482 e. The predicted octanol–water partition coefficient (Wildman–Crippen LogP) is 2.93. The van der Waals surface area contributed by atoms with E-state index in [2.05, 4.69) is 20.0 Å². The number of pyridine rings is 1. The smallest absolute Gasteiger partial charge is 0.422 e. The van der Waals surface area contributed by atoms with Crippen molar-refractivity contribution in [2.24, 2.45) is 0 Å². The van der Waals surface area contributed by atoms with Crippen LogP contribution in [0.2, 0.25) is 0 Å². The lowest BCUT2D eigenvalue weighted by molar-refractivity contribution is -0.153. The number of rotatable bonds is 5. The molecule has 0 aliphatic carbocycles. The van der Waals surface area contributed by atoms with E-state index in [1.807, 2.05) is 0 Å². The lowest BCUT2D eigenvalue weighted by Crippen LogP contribution is -2.26. The Morgan fingerprint density at radius 2 is 1.78 bits per heavy atom. The van der Waals surface area contributed by atoms with E-state index in [-0.39, 0.29) is 5.52 Å². The van der Waals surface area contributed by atoms with Crippen LogP contribution in [0.1, 0.15) is 12.5 Å². The van der Waals surface area contributed by atoms with Gasteiger partial charge < -0.3 is 4.74 Å². The zero-order valence-electron chi connectivity index (χ0n) is 15.9. The molecule has 15 heteroatoms. The number of benzene rings is 1. The van der Waals surface area contributed by atoms with Crippen LogP contribution < -0.4 is 10.3 Å². The Kier molecular flexibility index (Phi) is 5.88. The number of hydrogen-bond acceptors (Lipinski definition) is 7. The molecule has 2 heterocycles. The van der Waals surface area contributed by atoms with Crippen LogP contribution in [0.4, 0.5) is 26.3 Å². The Morgan fingerprint density at radius 3 is 2.38 bits per heavy atom.